The number of primary amides is 1. The van der Waals surface area contributed by atoms with Crippen LogP contribution in [0.5, 0.6) is 0 Å². The van der Waals surface area contributed by atoms with E-state index in [1.54, 1.807) is 23.1 Å². The van der Waals surface area contributed by atoms with Gasteiger partial charge >= 0.3 is 0 Å². The van der Waals surface area contributed by atoms with E-state index in [0.29, 0.717) is 13.1 Å². The first-order valence-corrected chi connectivity index (χ1v) is 4.88. The molecule has 0 spiro atoms. The molecule has 0 bridgehead atoms. The van der Waals surface area contributed by atoms with Crippen molar-refractivity contribution in [2.24, 2.45) is 11.5 Å². The molecule has 5 N–H and O–H groups in total. The Morgan fingerprint density at radius 3 is 2.81 bits per heavy atom. The molecule has 7 heteroatoms. The quantitative estimate of drug-likeness (QED) is 0.529. The second-order valence-electron chi connectivity index (χ2n) is 3.34. The third-order valence-corrected chi connectivity index (χ3v) is 1.96. The Morgan fingerprint density at radius 1 is 1.50 bits per heavy atom. The van der Waals surface area contributed by atoms with Crippen molar-refractivity contribution in [3.63, 3.8) is 0 Å². The molecule has 1 aromatic heterocycles. The lowest BCUT2D eigenvalue weighted by molar-refractivity contribution is -0.126. The molecule has 7 nitrogen and oxygen atoms in total. The highest BCUT2D eigenvalue weighted by Crippen LogP contribution is 1.87. The molecule has 0 fully saturated rings. The van der Waals surface area contributed by atoms with E-state index in [9.17, 15) is 9.59 Å². The van der Waals surface area contributed by atoms with Crippen LogP contribution in [0.4, 0.5) is 0 Å². The molecule has 1 unspecified atom stereocenters. The zero-order valence-corrected chi connectivity index (χ0v) is 8.80. The number of aromatic nitrogens is 2. The minimum Gasteiger partial charge on any atom is -0.370 e. The van der Waals surface area contributed by atoms with Crippen LogP contribution in [0.25, 0.3) is 0 Å². The number of nitrogens with zero attached hydrogens (tertiary/aromatic N) is 2. The number of carbonyl (C=O) groups is 2. The Balaban J connectivity index is 2.22. The van der Waals surface area contributed by atoms with Gasteiger partial charge in [-0.05, 0) is 6.07 Å². The van der Waals surface area contributed by atoms with Crippen molar-refractivity contribution >= 4 is 11.8 Å². The van der Waals surface area contributed by atoms with Gasteiger partial charge in [0, 0.05) is 18.9 Å². The van der Waals surface area contributed by atoms with Gasteiger partial charge in [-0.25, -0.2) is 0 Å². The molecule has 0 aliphatic carbocycles. The molecule has 1 aromatic rings. The van der Waals surface area contributed by atoms with Crippen LogP contribution in [-0.2, 0) is 16.1 Å². The van der Waals surface area contributed by atoms with E-state index in [2.05, 4.69) is 10.4 Å². The van der Waals surface area contributed by atoms with E-state index in [1.807, 2.05) is 0 Å². The van der Waals surface area contributed by atoms with Crippen LogP contribution < -0.4 is 16.8 Å². The van der Waals surface area contributed by atoms with Crippen molar-refractivity contribution in [1.82, 2.24) is 15.1 Å². The molecular weight excluding hydrogens is 210 g/mol. The molecule has 2 amide bonds. The molecular formula is C9H15N5O2. The van der Waals surface area contributed by atoms with Crippen molar-refractivity contribution in [3.8, 4) is 0 Å². The zero-order valence-electron chi connectivity index (χ0n) is 8.80. The Morgan fingerprint density at radius 2 is 2.25 bits per heavy atom. The Bertz CT molecular complexity index is 349. The van der Waals surface area contributed by atoms with Gasteiger partial charge < -0.3 is 16.8 Å². The smallest absolute Gasteiger partial charge is 0.237 e. The summed E-state index contributed by atoms with van der Waals surface area (Å²) in [6.07, 6.45) is 3.30. The minimum atomic E-state index is -0.880. The number of nitrogens with one attached hydrogen (secondary N) is 1. The first-order chi connectivity index (χ1) is 7.59. The summed E-state index contributed by atoms with van der Waals surface area (Å²) in [6, 6.07) is 0.913. The van der Waals surface area contributed by atoms with Gasteiger partial charge in [0.1, 0.15) is 0 Å². The summed E-state index contributed by atoms with van der Waals surface area (Å²) in [5.41, 5.74) is 10.4. The maximum atomic E-state index is 11.3. The van der Waals surface area contributed by atoms with E-state index in [1.165, 1.54) is 0 Å². The first-order valence-electron chi connectivity index (χ1n) is 4.88. The van der Waals surface area contributed by atoms with Crippen LogP contribution in [0.15, 0.2) is 18.5 Å². The summed E-state index contributed by atoms with van der Waals surface area (Å²) in [5, 5.41) is 6.56. The summed E-state index contributed by atoms with van der Waals surface area (Å²) in [6.45, 7) is 0.967. The Kier molecular flexibility index (Phi) is 4.46. The highest BCUT2D eigenvalue weighted by Gasteiger charge is 2.14. The average Bonchev–Trinajstić information content (AvgIpc) is 2.69. The maximum absolute atomic E-state index is 11.3. The fourth-order valence-electron chi connectivity index (χ4n) is 1.17. The first kappa shape index (κ1) is 12.2. The molecule has 0 saturated heterocycles. The van der Waals surface area contributed by atoms with Crippen LogP contribution in [0.3, 0.4) is 0 Å². The molecule has 0 radical (unpaired) electrons. The normalized spacial score (nSPS) is 12.1. The minimum absolute atomic E-state index is 0.145. The predicted octanol–water partition coefficient (Wildman–Crippen LogP) is -1.80. The molecule has 0 aliphatic heterocycles. The lowest BCUT2D eigenvalue weighted by Crippen LogP contribution is -2.43. The second kappa shape index (κ2) is 5.86. The predicted molar refractivity (Wildman–Crippen MR) is 57.0 cm³/mol. The number of carbonyl (C=O) groups excluding carboxylic acids is 2. The summed E-state index contributed by atoms with van der Waals surface area (Å²) in [5.74, 6) is -0.972. The van der Waals surface area contributed by atoms with Gasteiger partial charge in [0.15, 0.2) is 0 Å². The standard InChI is InChI=1S/C9H15N5O2/c10-7(6-8(11)15)9(16)12-3-5-14-4-1-2-13-14/h1-2,4,7H,3,5-6,10H2,(H2,11,15)(H,12,16). The van der Waals surface area contributed by atoms with Gasteiger partial charge in [-0.2, -0.15) is 5.10 Å². The summed E-state index contributed by atoms with van der Waals surface area (Å²) >= 11 is 0. The van der Waals surface area contributed by atoms with Gasteiger partial charge in [0.25, 0.3) is 0 Å². The van der Waals surface area contributed by atoms with E-state index in [0.717, 1.165) is 0 Å². The van der Waals surface area contributed by atoms with Crippen LogP contribution in [0.2, 0.25) is 0 Å². The van der Waals surface area contributed by atoms with Crippen molar-refractivity contribution in [2.75, 3.05) is 6.54 Å². The number of amides is 2. The number of hydrogen-bond acceptors (Lipinski definition) is 4. The largest absolute Gasteiger partial charge is 0.370 e. The van der Waals surface area contributed by atoms with Gasteiger partial charge in [0.2, 0.25) is 11.8 Å². The van der Waals surface area contributed by atoms with Crippen molar-refractivity contribution in [2.45, 2.75) is 19.0 Å². The third-order valence-electron chi connectivity index (χ3n) is 1.96. The molecule has 0 aliphatic rings. The third kappa shape index (κ3) is 4.09. The monoisotopic (exact) mass is 225 g/mol. The van der Waals surface area contributed by atoms with Crippen molar-refractivity contribution in [1.29, 1.82) is 0 Å². The number of nitrogens with two attached hydrogens (primary N) is 2. The van der Waals surface area contributed by atoms with Crippen LogP contribution in [0.1, 0.15) is 6.42 Å². The highest BCUT2D eigenvalue weighted by molar-refractivity contribution is 5.87. The lowest BCUT2D eigenvalue weighted by Gasteiger charge is -2.10. The van der Waals surface area contributed by atoms with Crippen LogP contribution in [0, 0.1) is 0 Å². The maximum Gasteiger partial charge on any atom is 0.237 e. The fraction of sp³-hybridized carbons (Fsp3) is 0.444. The molecule has 0 aromatic carbocycles. The summed E-state index contributed by atoms with van der Waals surface area (Å²) < 4.78 is 1.68. The average molecular weight is 225 g/mol. The lowest BCUT2D eigenvalue weighted by atomic mass is 10.2. The summed E-state index contributed by atoms with van der Waals surface area (Å²) in [7, 11) is 0. The van der Waals surface area contributed by atoms with Crippen molar-refractivity contribution < 1.29 is 9.59 Å². The molecule has 16 heavy (non-hydrogen) atoms. The van der Waals surface area contributed by atoms with E-state index >= 15 is 0 Å². The Labute approximate surface area is 92.8 Å². The van der Waals surface area contributed by atoms with E-state index < -0.39 is 11.9 Å². The van der Waals surface area contributed by atoms with Gasteiger partial charge in [-0.3, -0.25) is 14.3 Å². The number of hydrogen-bond donors (Lipinski definition) is 3. The van der Waals surface area contributed by atoms with E-state index in [-0.39, 0.29) is 12.3 Å². The van der Waals surface area contributed by atoms with Gasteiger partial charge in [-0.15, -0.1) is 0 Å². The van der Waals surface area contributed by atoms with E-state index in [4.69, 9.17) is 11.5 Å². The second-order valence-corrected chi connectivity index (χ2v) is 3.34. The fourth-order valence-corrected chi connectivity index (χ4v) is 1.17. The molecule has 1 rings (SSSR count). The van der Waals surface area contributed by atoms with Crippen LogP contribution >= 0.6 is 0 Å². The summed E-state index contributed by atoms with van der Waals surface area (Å²) in [4.78, 5) is 21.9. The van der Waals surface area contributed by atoms with Crippen molar-refractivity contribution in [3.05, 3.63) is 18.5 Å². The van der Waals surface area contributed by atoms with Crippen LogP contribution in [-0.4, -0.2) is 34.2 Å². The molecule has 1 atom stereocenters. The Hall–Kier alpha value is -1.89. The highest BCUT2D eigenvalue weighted by atomic mass is 16.2. The topological polar surface area (TPSA) is 116 Å². The SMILES string of the molecule is NC(=O)CC(N)C(=O)NCCn1cccn1. The molecule has 0 saturated carbocycles. The molecule has 88 valence electrons. The van der Waals surface area contributed by atoms with Gasteiger partial charge in [-0.1, -0.05) is 0 Å². The molecule has 1 heterocycles. The number of rotatable bonds is 6. The zero-order chi connectivity index (χ0) is 12.0. The van der Waals surface area contributed by atoms with Gasteiger partial charge in [0.05, 0.1) is 19.0 Å².